The van der Waals surface area contributed by atoms with Crippen LogP contribution in [0.3, 0.4) is 0 Å². The Labute approximate surface area is 141 Å². The van der Waals surface area contributed by atoms with Gasteiger partial charge in [-0.15, -0.1) is 0 Å². The largest absolute Gasteiger partial charge is 0.297 e. The van der Waals surface area contributed by atoms with E-state index in [1.54, 1.807) is 4.90 Å². The van der Waals surface area contributed by atoms with Crippen LogP contribution < -0.4 is 5.56 Å². The van der Waals surface area contributed by atoms with Gasteiger partial charge in [0.25, 0.3) is 5.56 Å². The maximum Gasteiger partial charge on any atom is 0.256 e. The molecule has 134 valence electrons. The SMILES string of the molecule is CS(=O)(=O)c1nc2c(c(=O)[nH]1)CN(Cc1cc(F)c(F)cc1F)CC2. The molecule has 10 heteroatoms. The van der Waals surface area contributed by atoms with E-state index in [0.717, 1.165) is 12.3 Å². The predicted octanol–water partition coefficient (Wildman–Crippen LogP) is 1.15. The Morgan fingerprint density at radius 3 is 2.56 bits per heavy atom. The molecule has 1 aromatic heterocycles. The summed E-state index contributed by atoms with van der Waals surface area (Å²) in [6, 6.07) is 1.27. The number of halogens is 3. The fraction of sp³-hybridized carbons (Fsp3) is 0.333. The number of benzene rings is 1. The third-order valence-electron chi connectivity index (χ3n) is 3.96. The number of nitrogens with zero attached hydrogens (tertiary/aromatic N) is 2. The van der Waals surface area contributed by atoms with Crippen LogP contribution in [0.1, 0.15) is 16.8 Å². The lowest BCUT2D eigenvalue weighted by Crippen LogP contribution is -2.36. The summed E-state index contributed by atoms with van der Waals surface area (Å²) in [6.07, 6.45) is 1.23. The van der Waals surface area contributed by atoms with E-state index in [1.165, 1.54) is 0 Å². The molecule has 3 rings (SSSR count). The number of hydrogen-bond acceptors (Lipinski definition) is 5. The van der Waals surface area contributed by atoms with Gasteiger partial charge in [-0.3, -0.25) is 14.7 Å². The van der Waals surface area contributed by atoms with Gasteiger partial charge in [0.2, 0.25) is 15.0 Å². The van der Waals surface area contributed by atoms with Crippen molar-refractivity contribution in [3.8, 4) is 0 Å². The van der Waals surface area contributed by atoms with Gasteiger partial charge in [0, 0.05) is 43.9 Å². The van der Waals surface area contributed by atoms with E-state index in [1.807, 2.05) is 0 Å². The molecule has 0 fully saturated rings. The number of H-pyrrole nitrogens is 1. The molecule has 25 heavy (non-hydrogen) atoms. The van der Waals surface area contributed by atoms with Crippen LogP contribution in [0.15, 0.2) is 22.1 Å². The molecular formula is C15H14F3N3O3S. The van der Waals surface area contributed by atoms with Gasteiger partial charge in [-0.2, -0.15) is 0 Å². The zero-order valence-electron chi connectivity index (χ0n) is 13.1. The summed E-state index contributed by atoms with van der Waals surface area (Å²) in [5.41, 5.74) is 0.0354. The summed E-state index contributed by atoms with van der Waals surface area (Å²) >= 11 is 0. The van der Waals surface area contributed by atoms with Crippen LogP contribution in [0.2, 0.25) is 0 Å². The fourth-order valence-corrected chi connectivity index (χ4v) is 3.25. The van der Waals surface area contributed by atoms with Crippen LogP contribution in [0, 0.1) is 17.5 Å². The van der Waals surface area contributed by atoms with E-state index in [-0.39, 0.29) is 30.6 Å². The molecule has 0 radical (unpaired) electrons. The number of aromatic nitrogens is 2. The van der Waals surface area contributed by atoms with E-state index >= 15 is 0 Å². The lowest BCUT2D eigenvalue weighted by molar-refractivity contribution is 0.237. The minimum Gasteiger partial charge on any atom is -0.297 e. The Hall–Kier alpha value is -2.20. The van der Waals surface area contributed by atoms with Gasteiger partial charge in [0.1, 0.15) is 5.82 Å². The van der Waals surface area contributed by atoms with Crippen LogP contribution >= 0.6 is 0 Å². The molecule has 1 N–H and O–H groups in total. The average molecular weight is 373 g/mol. The van der Waals surface area contributed by atoms with E-state index < -0.39 is 38.0 Å². The lowest BCUT2D eigenvalue weighted by atomic mass is 10.1. The molecule has 0 atom stereocenters. The maximum absolute atomic E-state index is 13.8. The molecule has 6 nitrogen and oxygen atoms in total. The average Bonchev–Trinajstić information content (AvgIpc) is 2.52. The topological polar surface area (TPSA) is 83.1 Å². The van der Waals surface area contributed by atoms with Crippen molar-refractivity contribution in [2.75, 3.05) is 12.8 Å². The van der Waals surface area contributed by atoms with Crippen molar-refractivity contribution in [3.63, 3.8) is 0 Å². The van der Waals surface area contributed by atoms with Crippen LogP contribution in [0.4, 0.5) is 13.2 Å². The number of sulfone groups is 1. The Morgan fingerprint density at radius 1 is 1.20 bits per heavy atom. The predicted molar refractivity (Wildman–Crippen MR) is 82.1 cm³/mol. The highest BCUT2D eigenvalue weighted by Gasteiger charge is 2.24. The normalized spacial score (nSPS) is 15.2. The molecule has 0 spiro atoms. The maximum atomic E-state index is 13.8. The molecule has 1 aliphatic rings. The van der Waals surface area contributed by atoms with Crippen molar-refractivity contribution in [3.05, 3.63) is 56.8 Å². The minimum absolute atomic E-state index is 0.0181. The second-order valence-corrected chi connectivity index (χ2v) is 7.82. The third kappa shape index (κ3) is 3.59. The highest BCUT2D eigenvalue weighted by Crippen LogP contribution is 2.20. The first-order valence-electron chi connectivity index (χ1n) is 7.33. The van der Waals surface area contributed by atoms with Gasteiger partial charge < -0.3 is 0 Å². The van der Waals surface area contributed by atoms with Crippen LogP contribution in [0.5, 0.6) is 0 Å². The molecular weight excluding hydrogens is 359 g/mol. The van der Waals surface area contributed by atoms with Crippen molar-refractivity contribution in [2.45, 2.75) is 24.7 Å². The molecule has 0 saturated heterocycles. The molecule has 0 aliphatic carbocycles. The van der Waals surface area contributed by atoms with Gasteiger partial charge >= 0.3 is 0 Å². The standard InChI is InChI=1S/C15H14F3N3O3S/c1-25(23,24)15-19-13-2-3-21(7-9(13)14(22)20-15)6-8-4-11(17)12(18)5-10(8)16/h4-5H,2-3,6-7H2,1H3,(H,19,20,22). The number of rotatable bonds is 3. The molecule has 0 saturated carbocycles. The van der Waals surface area contributed by atoms with Gasteiger partial charge in [-0.1, -0.05) is 0 Å². The summed E-state index contributed by atoms with van der Waals surface area (Å²) in [7, 11) is -3.64. The summed E-state index contributed by atoms with van der Waals surface area (Å²) in [5.74, 6) is -3.28. The summed E-state index contributed by atoms with van der Waals surface area (Å²) in [4.78, 5) is 20.0. The van der Waals surface area contributed by atoms with Crippen LogP contribution in [-0.2, 0) is 29.3 Å². The van der Waals surface area contributed by atoms with Gasteiger partial charge in [-0.25, -0.2) is 26.6 Å². The smallest absolute Gasteiger partial charge is 0.256 e. The van der Waals surface area contributed by atoms with E-state index in [9.17, 15) is 26.4 Å². The molecule has 2 heterocycles. The van der Waals surface area contributed by atoms with Crippen molar-refractivity contribution in [1.29, 1.82) is 0 Å². The zero-order valence-corrected chi connectivity index (χ0v) is 14.0. The molecule has 0 bridgehead atoms. The third-order valence-corrected chi connectivity index (χ3v) is 4.86. The quantitative estimate of drug-likeness (QED) is 0.645. The highest BCUT2D eigenvalue weighted by molar-refractivity contribution is 7.90. The fourth-order valence-electron chi connectivity index (χ4n) is 2.69. The first-order valence-corrected chi connectivity index (χ1v) is 9.22. The Morgan fingerprint density at radius 2 is 1.88 bits per heavy atom. The van der Waals surface area contributed by atoms with Crippen molar-refractivity contribution >= 4 is 9.84 Å². The second-order valence-electron chi connectivity index (χ2n) is 5.89. The second kappa shape index (κ2) is 6.26. The monoisotopic (exact) mass is 373 g/mol. The lowest BCUT2D eigenvalue weighted by Gasteiger charge is -2.27. The van der Waals surface area contributed by atoms with E-state index in [2.05, 4.69) is 9.97 Å². The Kier molecular flexibility index (Phi) is 4.41. The first kappa shape index (κ1) is 17.6. The van der Waals surface area contributed by atoms with Crippen molar-refractivity contribution in [2.24, 2.45) is 0 Å². The Bertz CT molecular complexity index is 1010. The molecule has 1 aromatic carbocycles. The van der Waals surface area contributed by atoms with Crippen molar-refractivity contribution < 1.29 is 21.6 Å². The van der Waals surface area contributed by atoms with Gasteiger partial charge in [-0.05, 0) is 6.07 Å². The summed E-state index contributed by atoms with van der Waals surface area (Å²) < 4.78 is 63.1. The van der Waals surface area contributed by atoms with Crippen LogP contribution in [-0.4, -0.2) is 36.1 Å². The summed E-state index contributed by atoms with van der Waals surface area (Å²) in [5, 5.41) is -0.392. The molecule has 2 aromatic rings. The molecule has 1 aliphatic heterocycles. The number of nitrogens with one attached hydrogen (secondary N) is 1. The molecule has 0 amide bonds. The summed E-state index contributed by atoms with van der Waals surface area (Å²) in [6.45, 7) is 0.445. The number of fused-ring (bicyclic) bond motifs is 1. The minimum atomic E-state index is -3.64. The first-order chi connectivity index (χ1) is 11.6. The molecule has 0 unspecified atom stereocenters. The Balaban J connectivity index is 1.87. The van der Waals surface area contributed by atoms with E-state index in [0.29, 0.717) is 18.3 Å². The number of aromatic amines is 1. The van der Waals surface area contributed by atoms with Crippen molar-refractivity contribution in [1.82, 2.24) is 14.9 Å². The zero-order chi connectivity index (χ0) is 18.4. The van der Waals surface area contributed by atoms with Crippen LogP contribution in [0.25, 0.3) is 0 Å². The van der Waals surface area contributed by atoms with Gasteiger partial charge in [0.05, 0.1) is 11.3 Å². The van der Waals surface area contributed by atoms with E-state index in [4.69, 9.17) is 0 Å². The van der Waals surface area contributed by atoms with Gasteiger partial charge in [0.15, 0.2) is 11.6 Å². The number of hydrogen-bond donors (Lipinski definition) is 1. The highest BCUT2D eigenvalue weighted by atomic mass is 32.2.